The lowest BCUT2D eigenvalue weighted by Crippen LogP contribution is -2.48. The third-order valence-corrected chi connectivity index (χ3v) is 7.86. The number of nitriles is 1. The first-order valence-corrected chi connectivity index (χ1v) is 12.4. The van der Waals surface area contributed by atoms with Crippen molar-refractivity contribution in [2.75, 3.05) is 13.1 Å². The van der Waals surface area contributed by atoms with Crippen LogP contribution >= 0.6 is 0 Å². The van der Waals surface area contributed by atoms with Crippen molar-refractivity contribution in [3.63, 3.8) is 0 Å². The second-order valence-electron chi connectivity index (χ2n) is 8.50. The van der Waals surface area contributed by atoms with E-state index in [0.717, 1.165) is 16.8 Å². The molecule has 1 aromatic carbocycles. The molecule has 0 saturated carbocycles. The first-order chi connectivity index (χ1) is 15.7. The molecule has 8 heteroatoms. The number of ketones is 1. The van der Waals surface area contributed by atoms with Crippen LogP contribution in [0.1, 0.15) is 47.4 Å². The van der Waals surface area contributed by atoms with Gasteiger partial charge in [-0.05, 0) is 50.6 Å². The minimum Gasteiger partial charge on any atom is -0.373 e. The fourth-order valence-electron chi connectivity index (χ4n) is 4.59. The molecule has 0 spiro atoms. The monoisotopic (exact) mass is 465 g/mol. The number of fused-ring (bicyclic) bond motifs is 1. The molecule has 0 bridgehead atoms. The zero-order valence-electron chi connectivity index (χ0n) is 19.0. The number of carbonyl (C=O) groups is 1. The average Bonchev–Trinajstić information content (AvgIpc) is 3.07. The molecule has 2 atom stereocenters. The van der Waals surface area contributed by atoms with Crippen LogP contribution in [-0.2, 0) is 21.2 Å². The quantitative estimate of drug-likeness (QED) is 0.517. The van der Waals surface area contributed by atoms with E-state index < -0.39 is 10.0 Å². The fourth-order valence-corrected chi connectivity index (χ4v) is 6.22. The van der Waals surface area contributed by atoms with Gasteiger partial charge in [-0.1, -0.05) is 18.2 Å². The van der Waals surface area contributed by atoms with Crippen molar-refractivity contribution in [2.45, 2.75) is 50.7 Å². The Morgan fingerprint density at radius 1 is 1.15 bits per heavy atom. The van der Waals surface area contributed by atoms with Crippen molar-refractivity contribution in [1.29, 1.82) is 5.26 Å². The maximum absolute atomic E-state index is 13.6. The molecule has 3 aromatic rings. The fraction of sp³-hybridized carbons (Fsp3) is 0.360. The molecule has 0 radical (unpaired) electrons. The minimum atomic E-state index is -3.77. The predicted molar refractivity (Wildman–Crippen MR) is 125 cm³/mol. The smallest absolute Gasteiger partial charge is 0.243 e. The van der Waals surface area contributed by atoms with E-state index in [1.165, 1.54) is 16.4 Å². The molecule has 2 unspecified atom stereocenters. The molecule has 7 nitrogen and oxygen atoms in total. The number of aryl methyl sites for hydroxylation is 1. The van der Waals surface area contributed by atoms with Crippen LogP contribution in [0.15, 0.2) is 53.6 Å². The Kier molecular flexibility index (Phi) is 6.39. The molecule has 1 fully saturated rings. The van der Waals surface area contributed by atoms with E-state index in [0.29, 0.717) is 24.0 Å². The summed E-state index contributed by atoms with van der Waals surface area (Å²) in [5, 5.41) is 9.04. The summed E-state index contributed by atoms with van der Waals surface area (Å²) in [7, 11) is -3.77. The zero-order chi connectivity index (χ0) is 23.8. The third-order valence-electron chi connectivity index (χ3n) is 6.04. The summed E-state index contributed by atoms with van der Waals surface area (Å²) >= 11 is 0. The summed E-state index contributed by atoms with van der Waals surface area (Å²) < 4.78 is 35.7. The van der Waals surface area contributed by atoms with Crippen LogP contribution in [0, 0.1) is 18.3 Å². The van der Waals surface area contributed by atoms with Crippen molar-refractivity contribution in [3.05, 3.63) is 71.0 Å². The summed E-state index contributed by atoms with van der Waals surface area (Å²) in [6.45, 7) is 6.13. The lowest BCUT2D eigenvalue weighted by molar-refractivity contribution is -0.0440. The van der Waals surface area contributed by atoms with Crippen LogP contribution in [0.25, 0.3) is 5.52 Å². The third kappa shape index (κ3) is 4.32. The summed E-state index contributed by atoms with van der Waals surface area (Å²) in [5.74, 6) is -0.236. The highest BCUT2D eigenvalue weighted by Crippen LogP contribution is 2.28. The van der Waals surface area contributed by atoms with Crippen LogP contribution in [0.4, 0.5) is 0 Å². The molecule has 2 aromatic heterocycles. The van der Waals surface area contributed by atoms with E-state index in [2.05, 4.69) is 6.07 Å². The number of pyridine rings is 1. The van der Waals surface area contributed by atoms with Crippen molar-refractivity contribution in [2.24, 2.45) is 0 Å². The van der Waals surface area contributed by atoms with Crippen molar-refractivity contribution >= 4 is 21.3 Å². The summed E-state index contributed by atoms with van der Waals surface area (Å²) in [4.78, 5) is 13.7. The highest BCUT2D eigenvalue weighted by atomic mass is 32.2. The number of hydrogen-bond donors (Lipinski definition) is 0. The SMILES string of the molecule is Cc1c(C(=O)c2cccc(S(=O)(=O)N3CC(C)OC(C)C3)c2)c2ccccn2c1CCC#N. The van der Waals surface area contributed by atoms with Gasteiger partial charge in [-0.2, -0.15) is 9.57 Å². The maximum atomic E-state index is 13.6. The molecule has 4 rings (SSSR count). The van der Waals surface area contributed by atoms with Gasteiger partial charge in [-0.25, -0.2) is 8.42 Å². The predicted octanol–water partition coefficient (Wildman–Crippen LogP) is 3.73. The lowest BCUT2D eigenvalue weighted by Gasteiger charge is -2.34. The maximum Gasteiger partial charge on any atom is 0.243 e. The van der Waals surface area contributed by atoms with Gasteiger partial charge in [0.25, 0.3) is 0 Å². The number of benzene rings is 1. The minimum absolute atomic E-state index is 0.0977. The van der Waals surface area contributed by atoms with Crippen LogP contribution in [0.5, 0.6) is 0 Å². The van der Waals surface area contributed by atoms with Gasteiger partial charge in [-0.3, -0.25) is 4.79 Å². The van der Waals surface area contributed by atoms with E-state index in [9.17, 15) is 13.2 Å². The largest absolute Gasteiger partial charge is 0.373 e. The number of aromatic nitrogens is 1. The molecular formula is C25H27N3O4S. The summed E-state index contributed by atoms with van der Waals surface area (Å²) in [5.41, 5.74) is 3.32. The van der Waals surface area contributed by atoms with Crippen LogP contribution in [-0.4, -0.2) is 48.2 Å². The molecule has 1 aliphatic rings. The Bertz CT molecular complexity index is 1340. The van der Waals surface area contributed by atoms with Gasteiger partial charge in [0.05, 0.1) is 34.3 Å². The van der Waals surface area contributed by atoms with Crippen molar-refractivity contribution < 1.29 is 17.9 Å². The van der Waals surface area contributed by atoms with Crippen molar-refractivity contribution in [3.8, 4) is 6.07 Å². The number of nitrogens with zero attached hydrogens (tertiary/aromatic N) is 3. The van der Waals surface area contributed by atoms with Gasteiger partial charge in [0.1, 0.15) is 0 Å². The van der Waals surface area contributed by atoms with Gasteiger partial charge in [-0.15, -0.1) is 0 Å². The zero-order valence-corrected chi connectivity index (χ0v) is 19.8. The standard InChI is InChI=1S/C25H27N3O4S/c1-17-15-27(16-18(2)32-17)33(30,31)21-9-6-8-20(14-21)25(29)24-19(3)22(11-7-12-26)28-13-5-4-10-23(24)28/h4-6,8-10,13-14,17-18H,7,11,15-16H2,1-3H3. The normalized spacial score (nSPS) is 19.5. The van der Waals surface area contributed by atoms with Crippen LogP contribution < -0.4 is 0 Å². The van der Waals surface area contributed by atoms with Crippen LogP contribution in [0.3, 0.4) is 0 Å². The van der Waals surface area contributed by atoms with E-state index in [-0.39, 0.29) is 36.0 Å². The summed E-state index contributed by atoms with van der Waals surface area (Å²) in [6, 6.07) is 14.0. The van der Waals surface area contributed by atoms with Crippen LogP contribution in [0.2, 0.25) is 0 Å². The van der Waals surface area contributed by atoms with Gasteiger partial charge in [0, 0.05) is 43.4 Å². The molecule has 1 saturated heterocycles. The Morgan fingerprint density at radius 2 is 1.88 bits per heavy atom. The van der Waals surface area contributed by atoms with Gasteiger partial charge in [0.2, 0.25) is 10.0 Å². The number of sulfonamides is 1. The molecule has 1 aliphatic heterocycles. The number of carbonyl (C=O) groups excluding carboxylic acids is 1. The first-order valence-electron chi connectivity index (χ1n) is 11.0. The topological polar surface area (TPSA) is 91.9 Å². The molecule has 0 N–H and O–H groups in total. The Hall–Kier alpha value is -2.99. The van der Waals surface area contributed by atoms with E-state index in [1.54, 1.807) is 12.1 Å². The number of ether oxygens (including phenoxy) is 1. The average molecular weight is 466 g/mol. The van der Waals surface area contributed by atoms with Gasteiger partial charge < -0.3 is 9.14 Å². The van der Waals surface area contributed by atoms with Gasteiger partial charge >= 0.3 is 0 Å². The molecule has 172 valence electrons. The Morgan fingerprint density at radius 3 is 2.58 bits per heavy atom. The number of hydrogen-bond acceptors (Lipinski definition) is 5. The van der Waals surface area contributed by atoms with E-state index >= 15 is 0 Å². The number of rotatable bonds is 6. The van der Waals surface area contributed by atoms with Crippen molar-refractivity contribution in [1.82, 2.24) is 8.71 Å². The Balaban J connectivity index is 1.74. The summed E-state index contributed by atoms with van der Waals surface area (Å²) in [6.07, 6.45) is 2.36. The number of morpholine rings is 1. The van der Waals surface area contributed by atoms with Gasteiger partial charge in [0.15, 0.2) is 5.78 Å². The van der Waals surface area contributed by atoms with E-state index in [1.807, 2.05) is 49.6 Å². The molecule has 33 heavy (non-hydrogen) atoms. The highest BCUT2D eigenvalue weighted by Gasteiger charge is 2.32. The lowest BCUT2D eigenvalue weighted by atomic mass is 9.99. The first kappa shape index (κ1) is 23.2. The second-order valence-corrected chi connectivity index (χ2v) is 10.4. The Labute approximate surface area is 194 Å². The second kappa shape index (κ2) is 9.10. The molecule has 3 heterocycles. The molecular weight excluding hydrogens is 438 g/mol. The van der Waals surface area contributed by atoms with E-state index in [4.69, 9.17) is 10.00 Å². The highest BCUT2D eigenvalue weighted by molar-refractivity contribution is 7.89. The molecule has 0 aliphatic carbocycles. The molecule has 0 amide bonds.